The van der Waals surface area contributed by atoms with Crippen molar-refractivity contribution in [1.82, 2.24) is 0 Å². The molecule has 1 aliphatic rings. The van der Waals surface area contributed by atoms with Gasteiger partial charge in [0.15, 0.2) is 5.78 Å². The third-order valence-electron chi connectivity index (χ3n) is 3.70. The molecule has 1 aromatic carbocycles. The average Bonchev–Trinajstić information content (AvgIpc) is 2.40. The molecule has 0 bridgehead atoms. The molecule has 1 aliphatic heterocycles. The van der Waals surface area contributed by atoms with Gasteiger partial charge in [0.2, 0.25) is 0 Å². The van der Waals surface area contributed by atoms with Gasteiger partial charge in [0.1, 0.15) is 5.82 Å². The summed E-state index contributed by atoms with van der Waals surface area (Å²) in [5.41, 5.74) is 0.941. The van der Waals surface area contributed by atoms with Crippen LogP contribution in [0.4, 0.5) is 10.1 Å². The third-order valence-corrected chi connectivity index (χ3v) is 3.70. The Morgan fingerprint density at radius 3 is 2.68 bits per heavy atom. The Morgan fingerprint density at radius 1 is 1.42 bits per heavy atom. The van der Waals surface area contributed by atoms with Crippen LogP contribution in [-0.4, -0.2) is 32.6 Å². The Morgan fingerprint density at radius 2 is 2.11 bits per heavy atom. The van der Waals surface area contributed by atoms with E-state index >= 15 is 0 Å². The number of halogens is 1. The summed E-state index contributed by atoms with van der Waals surface area (Å²) in [7, 11) is 1.71. The molecule has 19 heavy (non-hydrogen) atoms. The summed E-state index contributed by atoms with van der Waals surface area (Å²) in [4.78, 5) is 13.6. The fourth-order valence-corrected chi connectivity index (χ4v) is 2.68. The van der Waals surface area contributed by atoms with Crippen molar-refractivity contribution in [1.29, 1.82) is 0 Å². The molecular formula is C15H20FNO2. The van der Waals surface area contributed by atoms with Gasteiger partial charge in [-0.1, -0.05) is 6.07 Å². The quantitative estimate of drug-likeness (QED) is 0.784. The van der Waals surface area contributed by atoms with Crippen molar-refractivity contribution >= 4 is 11.5 Å². The lowest BCUT2D eigenvalue weighted by molar-refractivity contribution is 0.101. The van der Waals surface area contributed by atoms with Crippen LogP contribution in [0, 0.1) is 11.7 Å². The second kappa shape index (κ2) is 6.15. The number of ether oxygens (including phenoxy) is 1. The van der Waals surface area contributed by atoms with Crippen LogP contribution in [-0.2, 0) is 4.74 Å². The topological polar surface area (TPSA) is 29.5 Å². The minimum absolute atomic E-state index is 0.0893. The number of hydrogen-bond donors (Lipinski definition) is 0. The molecule has 1 fully saturated rings. The van der Waals surface area contributed by atoms with Crippen molar-refractivity contribution in [3.8, 4) is 0 Å². The van der Waals surface area contributed by atoms with Gasteiger partial charge in [-0.05, 0) is 37.8 Å². The first-order valence-corrected chi connectivity index (χ1v) is 6.66. The van der Waals surface area contributed by atoms with Crippen molar-refractivity contribution in [2.24, 2.45) is 5.92 Å². The molecule has 0 amide bonds. The summed E-state index contributed by atoms with van der Waals surface area (Å²) < 4.78 is 19.2. The molecule has 4 heteroatoms. The van der Waals surface area contributed by atoms with Gasteiger partial charge in [0.25, 0.3) is 0 Å². The lowest BCUT2D eigenvalue weighted by Gasteiger charge is -2.34. The van der Waals surface area contributed by atoms with Crippen LogP contribution in [0.1, 0.15) is 30.1 Å². The Labute approximate surface area is 113 Å². The highest BCUT2D eigenvalue weighted by Gasteiger charge is 2.24. The van der Waals surface area contributed by atoms with Gasteiger partial charge in [-0.2, -0.15) is 0 Å². The van der Waals surface area contributed by atoms with E-state index < -0.39 is 0 Å². The smallest absolute Gasteiger partial charge is 0.161 e. The summed E-state index contributed by atoms with van der Waals surface area (Å²) >= 11 is 0. The van der Waals surface area contributed by atoms with Crippen molar-refractivity contribution in [2.45, 2.75) is 19.8 Å². The highest BCUT2D eigenvalue weighted by molar-refractivity contribution is 5.99. The van der Waals surface area contributed by atoms with Crippen molar-refractivity contribution in [3.05, 3.63) is 29.6 Å². The average molecular weight is 265 g/mol. The van der Waals surface area contributed by atoms with E-state index in [0.29, 0.717) is 17.2 Å². The molecule has 104 valence electrons. The van der Waals surface area contributed by atoms with E-state index in [1.807, 2.05) is 4.90 Å². The molecule has 0 spiro atoms. The number of para-hydroxylation sites is 1. The first-order valence-electron chi connectivity index (χ1n) is 6.66. The molecule has 1 saturated heterocycles. The van der Waals surface area contributed by atoms with Crippen LogP contribution in [0.15, 0.2) is 18.2 Å². The fourth-order valence-electron chi connectivity index (χ4n) is 2.68. The summed E-state index contributed by atoms with van der Waals surface area (Å²) in [6, 6.07) is 4.71. The van der Waals surface area contributed by atoms with Crippen molar-refractivity contribution in [2.75, 3.05) is 31.7 Å². The van der Waals surface area contributed by atoms with Gasteiger partial charge in [0.05, 0.1) is 5.69 Å². The molecule has 0 aromatic heterocycles. The van der Waals surface area contributed by atoms with Gasteiger partial charge < -0.3 is 9.64 Å². The summed E-state index contributed by atoms with van der Waals surface area (Å²) in [5.74, 6) is 0.139. The Hall–Kier alpha value is -1.42. The maximum Gasteiger partial charge on any atom is 0.161 e. The molecule has 0 atom stereocenters. The van der Waals surface area contributed by atoms with Crippen LogP contribution in [0.2, 0.25) is 0 Å². The lowest BCUT2D eigenvalue weighted by Crippen LogP contribution is -2.36. The number of nitrogens with zero attached hydrogens (tertiary/aromatic N) is 1. The standard InChI is InChI=1S/C15H20FNO2/c1-11(18)13-4-3-5-14(16)15(13)17-8-6-12(7-9-17)10-19-2/h3-5,12H,6-10H2,1-2H3. The number of rotatable bonds is 4. The zero-order valence-electron chi connectivity index (χ0n) is 11.5. The fraction of sp³-hybridized carbons (Fsp3) is 0.533. The number of carbonyl (C=O) groups excluding carboxylic acids is 1. The van der Waals surface area contributed by atoms with Crippen LogP contribution in [0.3, 0.4) is 0 Å². The minimum atomic E-state index is -0.308. The van der Waals surface area contributed by atoms with E-state index in [1.165, 1.54) is 13.0 Å². The van der Waals surface area contributed by atoms with Gasteiger partial charge in [-0.15, -0.1) is 0 Å². The molecule has 0 N–H and O–H groups in total. The van der Waals surface area contributed by atoms with E-state index in [2.05, 4.69) is 0 Å². The maximum atomic E-state index is 14.0. The number of Topliss-reactive ketones (excluding diaryl/α,β-unsaturated/α-hetero) is 1. The van der Waals surface area contributed by atoms with Crippen LogP contribution >= 0.6 is 0 Å². The number of benzene rings is 1. The largest absolute Gasteiger partial charge is 0.384 e. The first kappa shape index (κ1) is 14.0. The maximum absolute atomic E-state index is 14.0. The molecule has 0 saturated carbocycles. The number of hydrogen-bond acceptors (Lipinski definition) is 3. The second-order valence-electron chi connectivity index (χ2n) is 5.08. The van der Waals surface area contributed by atoms with E-state index in [-0.39, 0.29) is 11.6 Å². The third kappa shape index (κ3) is 3.13. The normalized spacial score (nSPS) is 16.7. The number of anilines is 1. The van der Waals surface area contributed by atoms with E-state index in [9.17, 15) is 9.18 Å². The number of ketones is 1. The Balaban J connectivity index is 2.17. The summed E-state index contributed by atoms with van der Waals surface area (Å²) in [5, 5.41) is 0. The zero-order chi connectivity index (χ0) is 13.8. The predicted octanol–water partition coefficient (Wildman–Crippen LogP) is 2.89. The van der Waals surface area contributed by atoms with Gasteiger partial charge >= 0.3 is 0 Å². The Kier molecular flexibility index (Phi) is 4.53. The molecular weight excluding hydrogens is 245 g/mol. The van der Waals surface area contributed by atoms with Gasteiger partial charge in [-0.25, -0.2) is 4.39 Å². The monoisotopic (exact) mass is 265 g/mol. The Bertz CT molecular complexity index is 453. The SMILES string of the molecule is COCC1CCN(c2c(F)cccc2C(C)=O)CC1. The molecule has 1 heterocycles. The van der Waals surface area contributed by atoms with E-state index in [0.717, 1.165) is 32.5 Å². The summed E-state index contributed by atoms with van der Waals surface area (Å²) in [6.07, 6.45) is 1.94. The zero-order valence-corrected chi connectivity index (χ0v) is 11.5. The molecule has 2 rings (SSSR count). The highest BCUT2D eigenvalue weighted by atomic mass is 19.1. The van der Waals surface area contributed by atoms with Crippen molar-refractivity contribution in [3.63, 3.8) is 0 Å². The number of methoxy groups -OCH3 is 1. The van der Waals surface area contributed by atoms with E-state index in [4.69, 9.17) is 4.74 Å². The molecule has 0 unspecified atom stereocenters. The predicted molar refractivity (Wildman–Crippen MR) is 73.2 cm³/mol. The van der Waals surface area contributed by atoms with Crippen LogP contribution < -0.4 is 4.90 Å². The molecule has 1 aromatic rings. The summed E-state index contributed by atoms with van der Waals surface area (Å²) in [6.45, 7) is 3.78. The lowest BCUT2D eigenvalue weighted by atomic mass is 9.96. The van der Waals surface area contributed by atoms with Gasteiger partial charge in [0, 0.05) is 32.4 Å². The van der Waals surface area contributed by atoms with Gasteiger partial charge in [-0.3, -0.25) is 4.79 Å². The molecule has 3 nitrogen and oxygen atoms in total. The second-order valence-corrected chi connectivity index (χ2v) is 5.08. The highest BCUT2D eigenvalue weighted by Crippen LogP contribution is 2.29. The van der Waals surface area contributed by atoms with E-state index in [1.54, 1.807) is 19.2 Å². The van der Waals surface area contributed by atoms with Crippen molar-refractivity contribution < 1.29 is 13.9 Å². The van der Waals surface area contributed by atoms with Crippen LogP contribution in [0.5, 0.6) is 0 Å². The molecule has 0 radical (unpaired) electrons. The molecule has 0 aliphatic carbocycles. The number of piperidine rings is 1. The van der Waals surface area contributed by atoms with Crippen LogP contribution in [0.25, 0.3) is 0 Å². The number of carbonyl (C=O) groups is 1. The first-order chi connectivity index (χ1) is 9.13. The minimum Gasteiger partial charge on any atom is -0.384 e.